The number of nitrogens with zero attached hydrogens (tertiary/aromatic N) is 4. The molecule has 0 atom stereocenters. The molecule has 0 radical (unpaired) electrons. The van der Waals surface area contributed by atoms with Gasteiger partial charge in [0.05, 0.1) is 31.4 Å². The van der Waals surface area contributed by atoms with Gasteiger partial charge in [0.25, 0.3) is 5.91 Å². The predicted molar refractivity (Wildman–Crippen MR) is 127 cm³/mol. The van der Waals surface area contributed by atoms with E-state index in [9.17, 15) is 13.2 Å². The highest BCUT2D eigenvalue weighted by atomic mass is 79.9. The maximum Gasteiger partial charge on any atom is 0.257 e. The fourth-order valence-electron chi connectivity index (χ4n) is 2.69. The average molecular weight is 550 g/mol. The van der Waals surface area contributed by atoms with Crippen LogP contribution in [-0.2, 0) is 10.0 Å². The van der Waals surface area contributed by atoms with Crippen molar-refractivity contribution in [1.29, 1.82) is 10.5 Å². The van der Waals surface area contributed by atoms with Crippen molar-refractivity contribution in [2.24, 2.45) is 0 Å². The Morgan fingerprint density at radius 3 is 2.31 bits per heavy atom. The Hall–Kier alpha value is -2.61. The summed E-state index contributed by atoms with van der Waals surface area (Å²) in [5, 5.41) is 22.6. The fraction of sp³-hybridized carbons (Fsp3) is 0.200. The van der Waals surface area contributed by atoms with Crippen LogP contribution >= 0.6 is 38.6 Å². The van der Waals surface area contributed by atoms with E-state index in [-0.39, 0.29) is 36.4 Å². The SMILES string of the molecule is N#CCCN(CCC#N)S(=O)(=O)c1ccc(C(=O)Nc2nc(-c3ccc(Br)s3)cs2)cc1. The second-order valence-electron chi connectivity index (χ2n) is 6.34. The molecule has 0 saturated carbocycles. The molecule has 0 spiro atoms. The van der Waals surface area contributed by atoms with Crippen molar-refractivity contribution in [2.75, 3.05) is 18.4 Å². The lowest BCUT2D eigenvalue weighted by Gasteiger charge is -2.20. The summed E-state index contributed by atoms with van der Waals surface area (Å²) in [4.78, 5) is 17.9. The number of anilines is 1. The number of thiophene rings is 1. The van der Waals surface area contributed by atoms with Gasteiger partial charge >= 0.3 is 0 Å². The Labute approximate surface area is 201 Å². The van der Waals surface area contributed by atoms with Crippen LogP contribution in [0.5, 0.6) is 0 Å². The minimum Gasteiger partial charge on any atom is -0.298 e. The zero-order valence-corrected chi connectivity index (χ0v) is 20.5. The van der Waals surface area contributed by atoms with Gasteiger partial charge in [-0.2, -0.15) is 14.8 Å². The molecule has 0 aliphatic heterocycles. The normalized spacial score (nSPS) is 11.1. The van der Waals surface area contributed by atoms with Crippen LogP contribution in [0.3, 0.4) is 0 Å². The minimum atomic E-state index is -3.89. The molecule has 2 aromatic heterocycles. The van der Waals surface area contributed by atoms with E-state index in [1.165, 1.54) is 46.9 Å². The number of nitrogens with one attached hydrogen (secondary N) is 1. The van der Waals surface area contributed by atoms with Gasteiger partial charge in [-0.3, -0.25) is 10.1 Å². The number of amides is 1. The summed E-state index contributed by atoms with van der Waals surface area (Å²) < 4.78 is 27.8. The standard InChI is InChI=1S/C20H16BrN5O3S3/c21-18-8-7-17(31-18)16-13-30-20(24-16)25-19(27)14-3-5-15(6-4-14)32(28,29)26(11-1-9-22)12-2-10-23/h3-8,13H,1-2,11-12H2,(H,24,25,27). The molecule has 8 nitrogen and oxygen atoms in total. The molecule has 2 heterocycles. The van der Waals surface area contributed by atoms with Crippen molar-refractivity contribution in [3.05, 3.63) is 51.1 Å². The van der Waals surface area contributed by atoms with E-state index in [1.807, 2.05) is 29.7 Å². The first-order valence-corrected chi connectivity index (χ1v) is 13.1. The Kier molecular flexibility index (Phi) is 8.12. The summed E-state index contributed by atoms with van der Waals surface area (Å²) in [5.41, 5.74) is 1.04. The molecule has 1 N–H and O–H groups in total. The third-order valence-corrected chi connectivity index (χ3v) is 8.57. The number of nitriles is 2. The predicted octanol–water partition coefficient (Wildman–Crippen LogP) is 4.70. The van der Waals surface area contributed by atoms with E-state index in [1.54, 1.807) is 0 Å². The summed E-state index contributed by atoms with van der Waals surface area (Å²) in [6.07, 6.45) is 0.0345. The number of hydrogen-bond donors (Lipinski definition) is 1. The zero-order chi connectivity index (χ0) is 23.1. The van der Waals surface area contributed by atoms with Crippen molar-refractivity contribution < 1.29 is 13.2 Å². The Bertz CT molecular complexity index is 1270. The molecule has 32 heavy (non-hydrogen) atoms. The van der Waals surface area contributed by atoms with Crippen molar-refractivity contribution in [3.63, 3.8) is 0 Å². The molecule has 0 aliphatic rings. The van der Waals surface area contributed by atoms with Gasteiger partial charge in [-0.15, -0.1) is 22.7 Å². The van der Waals surface area contributed by atoms with Gasteiger partial charge in [-0.1, -0.05) is 0 Å². The Morgan fingerprint density at radius 2 is 1.75 bits per heavy atom. The van der Waals surface area contributed by atoms with Crippen LogP contribution in [0, 0.1) is 22.7 Å². The molecule has 0 aliphatic carbocycles. The highest BCUT2D eigenvalue weighted by Gasteiger charge is 2.24. The maximum absolute atomic E-state index is 12.9. The number of hydrogen-bond acceptors (Lipinski definition) is 8. The Balaban J connectivity index is 1.71. The molecule has 12 heteroatoms. The third kappa shape index (κ3) is 5.79. The summed E-state index contributed by atoms with van der Waals surface area (Å²) in [6.45, 7) is -0.00805. The molecule has 164 valence electrons. The number of carbonyl (C=O) groups is 1. The number of benzene rings is 1. The largest absolute Gasteiger partial charge is 0.298 e. The zero-order valence-electron chi connectivity index (χ0n) is 16.5. The summed E-state index contributed by atoms with van der Waals surface area (Å²) in [5.74, 6) is -0.409. The van der Waals surface area contributed by atoms with E-state index in [4.69, 9.17) is 10.5 Å². The van der Waals surface area contributed by atoms with E-state index < -0.39 is 15.9 Å². The smallest absolute Gasteiger partial charge is 0.257 e. The minimum absolute atomic E-state index is 0.00402. The van der Waals surface area contributed by atoms with E-state index >= 15 is 0 Å². The first-order valence-electron chi connectivity index (χ1n) is 9.22. The second-order valence-corrected chi connectivity index (χ2v) is 11.6. The van der Waals surface area contributed by atoms with Gasteiger partial charge in [0.15, 0.2) is 5.13 Å². The topological polar surface area (TPSA) is 127 Å². The van der Waals surface area contributed by atoms with Crippen LogP contribution < -0.4 is 5.32 Å². The van der Waals surface area contributed by atoms with Crippen LogP contribution in [0.4, 0.5) is 5.13 Å². The van der Waals surface area contributed by atoms with Crippen molar-refractivity contribution in [1.82, 2.24) is 9.29 Å². The van der Waals surface area contributed by atoms with Gasteiger partial charge in [0, 0.05) is 36.9 Å². The Morgan fingerprint density at radius 1 is 1.09 bits per heavy atom. The summed E-state index contributed by atoms with van der Waals surface area (Å²) in [6, 6.07) is 13.2. The maximum atomic E-state index is 12.9. The van der Waals surface area contributed by atoms with E-state index in [0.717, 1.165) is 18.7 Å². The fourth-order valence-corrected chi connectivity index (χ4v) is 6.26. The highest BCUT2D eigenvalue weighted by molar-refractivity contribution is 9.11. The molecular weight excluding hydrogens is 534 g/mol. The second kappa shape index (κ2) is 10.8. The quantitative estimate of drug-likeness (QED) is 0.411. The number of aromatic nitrogens is 1. The van der Waals surface area contributed by atoms with Crippen molar-refractivity contribution in [3.8, 4) is 22.7 Å². The van der Waals surface area contributed by atoms with Gasteiger partial charge in [0.1, 0.15) is 0 Å². The van der Waals surface area contributed by atoms with Crippen LogP contribution in [0.1, 0.15) is 23.2 Å². The first kappa shape index (κ1) is 24.0. The molecule has 0 bridgehead atoms. The third-order valence-electron chi connectivity index (χ3n) is 4.25. The van der Waals surface area contributed by atoms with Crippen molar-refractivity contribution in [2.45, 2.75) is 17.7 Å². The number of sulfonamides is 1. The van der Waals surface area contributed by atoms with Gasteiger partial charge < -0.3 is 0 Å². The molecule has 0 unspecified atom stereocenters. The first-order chi connectivity index (χ1) is 15.3. The number of halogens is 1. The number of carbonyl (C=O) groups excluding carboxylic acids is 1. The monoisotopic (exact) mass is 549 g/mol. The molecule has 3 rings (SSSR count). The van der Waals surface area contributed by atoms with Crippen LogP contribution in [0.15, 0.2) is 50.5 Å². The van der Waals surface area contributed by atoms with Gasteiger partial charge in [-0.05, 0) is 52.3 Å². The van der Waals surface area contributed by atoms with Crippen LogP contribution in [-0.4, -0.2) is 36.7 Å². The molecular formula is C20H16BrN5O3S3. The lowest BCUT2D eigenvalue weighted by Crippen LogP contribution is -2.32. The van der Waals surface area contributed by atoms with Gasteiger partial charge in [-0.25, -0.2) is 13.4 Å². The average Bonchev–Trinajstić information content (AvgIpc) is 3.42. The molecule has 0 saturated heterocycles. The van der Waals surface area contributed by atoms with E-state index in [0.29, 0.717) is 5.13 Å². The molecule has 1 aromatic carbocycles. The highest BCUT2D eigenvalue weighted by Crippen LogP contribution is 2.33. The lowest BCUT2D eigenvalue weighted by atomic mass is 10.2. The van der Waals surface area contributed by atoms with Gasteiger partial charge in [0.2, 0.25) is 10.0 Å². The summed E-state index contributed by atoms with van der Waals surface area (Å²) >= 11 is 6.24. The number of thiazole rings is 1. The molecule has 3 aromatic rings. The molecule has 1 amide bonds. The van der Waals surface area contributed by atoms with Crippen LogP contribution in [0.25, 0.3) is 10.6 Å². The van der Waals surface area contributed by atoms with E-state index in [2.05, 4.69) is 26.2 Å². The van der Waals surface area contributed by atoms with Crippen molar-refractivity contribution >= 4 is 59.7 Å². The number of rotatable bonds is 9. The lowest BCUT2D eigenvalue weighted by molar-refractivity contribution is 0.102. The molecule has 0 fully saturated rings. The van der Waals surface area contributed by atoms with Crippen LogP contribution in [0.2, 0.25) is 0 Å². The summed E-state index contributed by atoms with van der Waals surface area (Å²) in [7, 11) is -3.89.